The Bertz CT molecular complexity index is 796. The predicted octanol–water partition coefficient (Wildman–Crippen LogP) is 0.854. The summed E-state index contributed by atoms with van der Waals surface area (Å²) in [6.07, 6.45) is 1.68. The Morgan fingerprint density at radius 2 is 2.04 bits per heavy atom. The summed E-state index contributed by atoms with van der Waals surface area (Å²) in [6.45, 7) is 4.36. The van der Waals surface area contributed by atoms with Crippen molar-refractivity contribution in [2.45, 2.75) is 38.3 Å². The number of rotatable bonds is 3. The van der Waals surface area contributed by atoms with Crippen LogP contribution in [0.25, 0.3) is 0 Å². The second-order valence-electron chi connectivity index (χ2n) is 7.20. The Hall–Kier alpha value is -1.92. The third kappa shape index (κ3) is 1.98. The van der Waals surface area contributed by atoms with Gasteiger partial charge in [-0.1, -0.05) is 31.0 Å². The van der Waals surface area contributed by atoms with Gasteiger partial charge in [-0.2, -0.15) is 0 Å². The summed E-state index contributed by atoms with van der Waals surface area (Å²) in [5.41, 5.74) is 0.172. The number of carbonyl (C=O) groups excluding carboxylic acids is 3. The molecule has 0 bridgehead atoms. The lowest BCUT2D eigenvalue weighted by molar-refractivity contribution is -0.730. The number of hydrogen-bond acceptors (Lipinski definition) is 3. The number of imide groups is 1. The molecule has 3 heterocycles. The van der Waals surface area contributed by atoms with Crippen LogP contribution in [0.2, 0.25) is 5.02 Å². The van der Waals surface area contributed by atoms with Gasteiger partial charge in [0.1, 0.15) is 11.8 Å². The quantitative estimate of drug-likeness (QED) is 0.782. The summed E-state index contributed by atoms with van der Waals surface area (Å²) in [7, 11) is 0. The summed E-state index contributed by atoms with van der Waals surface area (Å²) in [6, 6.07) is 5.18. The third-order valence-corrected chi connectivity index (χ3v) is 6.15. The van der Waals surface area contributed by atoms with Crippen molar-refractivity contribution in [3.63, 3.8) is 0 Å². The van der Waals surface area contributed by atoms with E-state index in [-0.39, 0.29) is 23.8 Å². The fourth-order valence-corrected chi connectivity index (χ4v) is 4.95. The number of nitrogens with one attached hydrogen (secondary N) is 1. The number of unbranched alkanes of at least 4 members (excludes halogenated alkanes) is 1. The second-order valence-corrected chi connectivity index (χ2v) is 7.60. The fraction of sp³-hybridized carbons (Fsp3) is 0.500. The number of nitrogens with zero attached hydrogens (tertiary/aromatic N) is 1. The lowest BCUT2D eigenvalue weighted by Gasteiger charge is -2.25. The number of fused-ring (bicyclic) bond motifs is 4. The van der Waals surface area contributed by atoms with Crippen molar-refractivity contribution < 1.29 is 19.7 Å². The molecule has 2 saturated heterocycles. The van der Waals surface area contributed by atoms with Gasteiger partial charge in [0.25, 0.3) is 5.91 Å². The van der Waals surface area contributed by atoms with E-state index in [2.05, 4.69) is 5.32 Å². The monoisotopic (exact) mass is 362 g/mol. The molecule has 3 aliphatic heterocycles. The van der Waals surface area contributed by atoms with Crippen molar-refractivity contribution in [2.24, 2.45) is 11.8 Å². The number of quaternary nitrogens is 1. The number of amides is 3. The zero-order valence-corrected chi connectivity index (χ0v) is 15.0. The van der Waals surface area contributed by atoms with Crippen LogP contribution in [0.3, 0.4) is 0 Å². The number of nitrogens with two attached hydrogens (primary N) is 1. The number of para-hydroxylation sites is 1. The summed E-state index contributed by atoms with van der Waals surface area (Å²) in [5.74, 6) is -1.78. The topological polar surface area (TPSA) is 83.1 Å². The molecule has 0 aliphatic carbocycles. The van der Waals surface area contributed by atoms with Gasteiger partial charge in [0.15, 0.2) is 0 Å². The summed E-state index contributed by atoms with van der Waals surface area (Å²) in [4.78, 5) is 40.3. The van der Waals surface area contributed by atoms with Gasteiger partial charge in [-0.15, -0.1) is 0 Å². The van der Waals surface area contributed by atoms with Crippen LogP contribution in [0, 0.1) is 11.8 Å². The Morgan fingerprint density at radius 3 is 2.76 bits per heavy atom. The summed E-state index contributed by atoms with van der Waals surface area (Å²) >= 11 is 6.25. The number of hydrogen-bond donors (Lipinski definition) is 2. The smallest absolute Gasteiger partial charge is 0.291 e. The molecule has 1 aromatic rings. The minimum absolute atomic E-state index is 0.146. The molecular formula is C18H21ClN3O3+. The van der Waals surface area contributed by atoms with Crippen LogP contribution in [-0.2, 0) is 19.9 Å². The van der Waals surface area contributed by atoms with E-state index in [0.717, 1.165) is 12.8 Å². The van der Waals surface area contributed by atoms with Crippen LogP contribution in [0.4, 0.5) is 5.69 Å². The highest BCUT2D eigenvalue weighted by Gasteiger charge is 2.73. The fourth-order valence-electron chi connectivity index (χ4n) is 4.73. The molecule has 0 aromatic heterocycles. The number of carbonyl (C=O) groups is 3. The van der Waals surface area contributed by atoms with Gasteiger partial charge in [0.05, 0.1) is 16.8 Å². The zero-order chi connectivity index (χ0) is 17.9. The van der Waals surface area contributed by atoms with Crippen LogP contribution in [0.5, 0.6) is 0 Å². The molecule has 0 unspecified atom stereocenters. The van der Waals surface area contributed by atoms with Gasteiger partial charge < -0.3 is 10.6 Å². The zero-order valence-electron chi connectivity index (χ0n) is 14.2. The molecule has 132 valence electrons. The third-order valence-electron chi connectivity index (χ3n) is 5.83. The average Bonchev–Trinajstić information content (AvgIpc) is 3.13. The maximum atomic E-state index is 13.1. The molecule has 3 N–H and O–H groups in total. The van der Waals surface area contributed by atoms with Gasteiger partial charge in [0, 0.05) is 12.1 Å². The number of anilines is 1. The predicted molar refractivity (Wildman–Crippen MR) is 91.8 cm³/mol. The van der Waals surface area contributed by atoms with Crippen molar-refractivity contribution in [1.29, 1.82) is 0 Å². The van der Waals surface area contributed by atoms with Gasteiger partial charge in [-0.25, -0.2) is 0 Å². The van der Waals surface area contributed by atoms with Crippen LogP contribution >= 0.6 is 11.6 Å². The van der Waals surface area contributed by atoms with Crippen LogP contribution in [0.15, 0.2) is 18.2 Å². The SMILES string of the molecule is CCCCN1C(=O)[C@H]2[C@@H](C1=O)[C@]1([NH2+][C@@H]2C)C(=O)Nc2c(Cl)cccc21. The first-order valence-corrected chi connectivity index (χ1v) is 9.13. The molecule has 1 spiro atoms. The number of benzene rings is 1. The first-order chi connectivity index (χ1) is 11.9. The summed E-state index contributed by atoms with van der Waals surface area (Å²) in [5, 5.41) is 5.17. The number of halogens is 1. The van der Waals surface area contributed by atoms with Gasteiger partial charge in [-0.3, -0.25) is 19.3 Å². The van der Waals surface area contributed by atoms with Crippen molar-refractivity contribution in [3.05, 3.63) is 28.8 Å². The first kappa shape index (κ1) is 16.5. The highest BCUT2D eigenvalue weighted by Crippen LogP contribution is 2.50. The van der Waals surface area contributed by atoms with E-state index < -0.39 is 17.4 Å². The van der Waals surface area contributed by atoms with Crippen molar-refractivity contribution in [3.8, 4) is 0 Å². The number of likely N-dealkylation sites (tertiary alicyclic amines) is 1. The van der Waals surface area contributed by atoms with E-state index in [1.807, 2.05) is 25.2 Å². The van der Waals surface area contributed by atoms with E-state index in [1.165, 1.54) is 4.90 Å². The minimum atomic E-state index is -1.10. The molecular weight excluding hydrogens is 342 g/mol. The highest BCUT2D eigenvalue weighted by atomic mass is 35.5. The van der Waals surface area contributed by atoms with Crippen LogP contribution in [-0.4, -0.2) is 35.2 Å². The maximum Gasteiger partial charge on any atom is 0.291 e. The molecule has 1 aromatic carbocycles. The highest BCUT2D eigenvalue weighted by molar-refractivity contribution is 6.35. The lowest BCUT2D eigenvalue weighted by Crippen LogP contribution is -2.98. The molecule has 0 saturated carbocycles. The Balaban J connectivity index is 1.84. The molecule has 7 heteroatoms. The summed E-state index contributed by atoms with van der Waals surface area (Å²) < 4.78 is 0. The first-order valence-electron chi connectivity index (χ1n) is 8.75. The van der Waals surface area contributed by atoms with E-state index in [1.54, 1.807) is 12.1 Å². The van der Waals surface area contributed by atoms with Crippen molar-refractivity contribution in [1.82, 2.24) is 4.90 Å². The van der Waals surface area contributed by atoms with Crippen molar-refractivity contribution in [2.75, 3.05) is 11.9 Å². The Labute approximate surface area is 150 Å². The largest absolute Gasteiger partial charge is 0.326 e. The minimum Gasteiger partial charge on any atom is -0.326 e. The maximum absolute atomic E-state index is 13.1. The molecule has 4 rings (SSSR count). The normalized spacial score (nSPS) is 33.2. The molecule has 25 heavy (non-hydrogen) atoms. The van der Waals surface area contributed by atoms with Crippen LogP contribution in [0.1, 0.15) is 32.3 Å². The van der Waals surface area contributed by atoms with Gasteiger partial charge >= 0.3 is 0 Å². The average molecular weight is 363 g/mol. The molecule has 4 atom stereocenters. The van der Waals surface area contributed by atoms with E-state index >= 15 is 0 Å². The molecule has 3 aliphatic rings. The Morgan fingerprint density at radius 1 is 1.28 bits per heavy atom. The van der Waals surface area contributed by atoms with E-state index in [0.29, 0.717) is 22.8 Å². The van der Waals surface area contributed by atoms with E-state index in [4.69, 9.17) is 11.6 Å². The van der Waals surface area contributed by atoms with Gasteiger partial charge in [-0.05, 0) is 25.5 Å². The van der Waals surface area contributed by atoms with Crippen LogP contribution < -0.4 is 10.6 Å². The molecule has 3 amide bonds. The molecule has 0 radical (unpaired) electrons. The van der Waals surface area contributed by atoms with Crippen molar-refractivity contribution >= 4 is 35.0 Å². The van der Waals surface area contributed by atoms with Gasteiger partial charge in [0.2, 0.25) is 17.4 Å². The second kappa shape index (κ2) is 5.54. The Kier molecular flexibility index (Phi) is 3.67. The standard InChI is InChI=1S/C18H20ClN3O3/c1-3-4-8-22-15(23)12-9(2)21-18(13(12)16(22)24)10-6-5-7-11(19)14(10)20-17(18)25/h5-7,9,12-13,21H,3-4,8H2,1-2H3,(H,20,25)/p+1/t9-,12-,13+,18+/m1/s1. The molecule has 6 nitrogen and oxygen atoms in total. The molecule has 2 fully saturated rings. The van der Waals surface area contributed by atoms with E-state index in [9.17, 15) is 14.4 Å². The lowest BCUT2D eigenvalue weighted by atomic mass is 9.76.